The Hall–Kier alpha value is -1.66. The van der Waals surface area contributed by atoms with Crippen LogP contribution in [-0.2, 0) is 33.3 Å². The molecule has 0 aromatic rings. The Balaban J connectivity index is 2.37. The van der Waals surface area contributed by atoms with Crippen molar-refractivity contribution in [1.29, 1.82) is 0 Å². The number of aliphatic carboxylic acids is 1. The summed E-state index contributed by atoms with van der Waals surface area (Å²) in [5.41, 5.74) is 0. The van der Waals surface area contributed by atoms with Gasteiger partial charge in [0.05, 0.1) is 50.8 Å². The Labute approximate surface area is 252 Å². The van der Waals surface area contributed by atoms with E-state index < -0.39 is 136 Å². The summed E-state index contributed by atoms with van der Waals surface area (Å²) in [7, 11) is 0. The first-order chi connectivity index (χ1) is 20.5. The zero-order chi connectivity index (χ0) is 33.5. The van der Waals surface area contributed by atoms with E-state index in [1.165, 1.54) is 13.8 Å². The van der Waals surface area contributed by atoms with Gasteiger partial charge in [-0.1, -0.05) is 0 Å². The lowest BCUT2D eigenvalue weighted by molar-refractivity contribution is -0.334. The fraction of sp³-hybridized carbons (Fsp3) is 0.920. The van der Waals surface area contributed by atoms with Gasteiger partial charge in [-0.2, -0.15) is 0 Å². The van der Waals surface area contributed by atoms with E-state index in [0.717, 1.165) is 6.92 Å². The van der Waals surface area contributed by atoms with Crippen LogP contribution in [0.4, 0.5) is 0 Å². The number of rotatable bonds is 16. The van der Waals surface area contributed by atoms with Crippen LogP contribution in [0.3, 0.4) is 0 Å². The van der Waals surface area contributed by atoms with E-state index >= 15 is 0 Å². The number of amides is 1. The van der Waals surface area contributed by atoms with Crippen LogP contribution in [0, 0.1) is 0 Å². The average molecular weight is 648 g/mol. The normalized spacial score (nSPS) is 36.9. The number of aliphatic hydroxyl groups excluding tert-OH is 10. The summed E-state index contributed by atoms with van der Waals surface area (Å²) >= 11 is 0. The highest BCUT2D eigenvalue weighted by Gasteiger charge is 2.56. The SMILES string of the molecule is CC(=O)NC1C([C@H](O)[C@H](O)CO)O[C@@](OC[C@H](O)C(OC2C(CO)OC(C)C(O)C2O)OC(CO)[C@@H](C)O)(C(=O)O)C[C@H]1O. The Morgan fingerprint density at radius 1 is 1.02 bits per heavy atom. The van der Waals surface area contributed by atoms with Crippen molar-refractivity contribution in [3.8, 4) is 0 Å². The Kier molecular flexibility index (Phi) is 14.7. The van der Waals surface area contributed by atoms with Gasteiger partial charge in [-0.3, -0.25) is 4.79 Å². The van der Waals surface area contributed by atoms with E-state index in [-0.39, 0.29) is 0 Å². The summed E-state index contributed by atoms with van der Waals surface area (Å²) < 4.78 is 27.4. The van der Waals surface area contributed by atoms with Gasteiger partial charge in [-0.05, 0) is 13.8 Å². The highest BCUT2D eigenvalue weighted by Crippen LogP contribution is 2.34. The molecule has 15 atom stereocenters. The van der Waals surface area contributed by atoms with Crippen LogP contribution in [0.1, 0.15) is 27.2 Å². The first-order valence-corrected chi connectivity index (χ1v) is 13.9. The van der Waals surface area contributed by atoms with Crippen molar-refractivity contribution < 1.29 is 89.4 Å². The zero-order valence-electron chi connectivity index (χ0n) is 24.4. The number of carbonyl (C=O) groups excluding carboxylic acids is 1. The summed E-state index contributed by atoms with van der Waals surface area (Å²) in [6.07, 6.45) is -22.2. The standard InChI is InChI=1S/C25H45NO18/c1-9(30)15(6-28)42-23(43-21-16(7-29)41-10(2)18(35)20(21)37)14(34)8-40-25(24(38)39)4-12(32)17(26-11(3)31)22(44-25)19(36)13(33)5-27/h9-10,12-23,27-30,32-37H,4-8H2,1-3H3,(H,26,31)(H,38,39)/t9-,10?,12-,13-,14+,15?,16?,17?,18?,19-,20?,21?,22?,23?,25-/m1/s1. The molecule has 1 amide bonds. The van der Waals surface area contributed by atoms with Gasteiger partial charge in [0.2, 0.25) is 5.91 Å². The molecule has 44 heavy (non-hydrogen) atoms. The van der Waals surface area contributed by atoms with E-state index in [2.05, 4.69) is 5.32 Å². The van der Waals surface area contributed by atoms with Crippen LogP contribution in [-0.4, -0.2) is 186 Å². The van der Waals surface area contributed by atoms with Gasteiger partial charge in [0.1, 0.15) is 54.9 Å². The third-order valence-electron chi connectivity index (χ3n) is 7.41. The number of hydrogen-bond acceptors (Lipinski definition) is 17. The zero-order valence-corrected chi connectivity index (χ0v) is 24.4. The van der Waals surface area contributed by atoms with Crippen LogP contribution in [0.15, 0.2) is 0 Å². The van der Waals surface area contributed by atoms with Crippen molar-refractivity contribution >= 4 is 11.9 Å². The van der Waals surface area contributed by atoms with Crippen molar-refractivity contribution in [1.82, 2.24) is 5.32 Å². The fourth-order valence-electron chi connectivity index (χ4n) is 4.87. The number of carboxylic acids is 1. The molecule has 12 N–H and O–H groups in total. The van der Waals surface area contributed by atoms with Crippen molar-refractivity contribution in [2.45, 2.75) is 119 Å². The molecule has 0 aromatic carbocycles. The number of nitrogens with one attached hydrogen (secondary N) is 1. The van der Waals surface area contributed by atoms with Crippen molar-refractivity contribution in [2.24, 2.45) is 0 Å². The third-order valence-corrected chi connectivity index (χ3v) is 7.41. The molecule has 0 aliphatic carbocycles. The molecule has 19 heteroatoms. The number of carboxylic acid groups (broad SMARTS) is 1. The molecule has 0 saturated carbocycles. The third kappa shape index (κ3) is 9.21. The Bertz CT molecular complexity index is 910. The lowest BCUT2D eigenvalue weighted by Gasteiger charge is -2.47. The smallest absolute Gasteiger partial charge is 0.364 e. The molecule has 0 spiro atoms. The summed E-state index contributed by atoms with van der Waals surface area (Å²) in [6.45, 7) is 0.137. The predicted octanol–water partition coefficient (Wildman–Crippen LogP) is -6.52. The summed E-state index contributed by atoms with van der Waals surface area (Å²) in [4.78, 5) is 24.1. The molecule has 2 fully saturated rings. The monoisotopic (exact) mass is 647 g/mol. The van der Waals surface area contributed by atoms with Gasteiger partial charge in [-0.15, -0.1) is 0 Å². The second-order valence-corrected chi connectivity index (χ2v) is 10.9. The van der Waals surface area contributed by atoms with Gasteiger partial charge in [0, 0.05) is 13.3 Å². The second kappa shape index (κ2) is 16.8. The number of hydrogen-bond donors (Lipinski definition) is 12. The first kappa shape index (κ1) is 38.5. The van der Waals surface area contributed by atoms with Gasteiger partial charge in [0.15, 0.2) is 6.29 Å². The highest BCUT2D eigenvalue weighted by atomic mass is 16.7. The molecule has 9 unspecified atom stereocenters. The molecule has 0 aromatic heterocycles. The molecule has 258 valence electrons. The van der Waals surface area contributed by atoms with Crippen LogP contribution in [0.25, 0.3) is 0 Å². The molecule has 19 nitrogen and oxygen atoms in total. The van der Waals surface area contributed by atoms with Gasteiger partial charge >= 0.3 is 5.97 Å². The fourth-order valence-corrected chi connectivity index (χ4v) is 4.87. The Morgan fingerprint density at radius 3 is 2.16 bits per heavy atom. The van der Waals surface area contributed by atoms with E-state index in [0.29, 0.717) is 0 Å². The molecule has 2 aliphatic rings. The maximum atomic E-state index is 12.4. The van der Waals surface area contributed by atoms with Crippen LogP contribution in [0.2, 0.25) is 0 Å². The van der Waals surface area contributed by atoms with Crippen molar-refractivity contribution in [3.05, 3.63) is 0 Å². The summed E-state index contributed by atoms with van der Waals surface area (Å²) in [5, 5.41) is 114. The average Bonchev–Trinajstić information content (AvgIpc) is 2.97. The second-order valence-electron chi connectivity index (χ2n) is 10.9. The largest absolute Gasteiger partial charge is 0.477 e. The quantitative estimate of drug-likeness (QED) is 0.0693. The first-order valence-electron chi connectivity index (χ1n) is 13.9. The maximum Gasteiger partial charge on any atom is 0.364 e. The molecule has 2 heterocycles. The van der Waals surface area contributed by atoms with E-state index in [1.54, 1.807) is 0 Å². The number of carbonyl (C=O) groups is 2. The van der Waals surface area contributed by atoms with E-state index in [4.69, 9.17) is 23.7 Å². The van der Waals surface area contributed by atoms with Crippen molar-refractivity contribution in [2.75, 3.05) is 26.4 Å². The van der Waals surface area contributed by atoms with E-state index in [9.17, 15) is 65.8 Å². The molecule has 0 radical (unpaired) electrons. The minimum atomic E-state index is -2.84. The lowest BCUT2D eigenvalue weighted by atomic mass is 9.88. The predicted molar refractivity (Wildman–Crippen MR) is 140 cm³/mol. The lowest BCUT2D eigenvalue weighted by Crippen LogP contribution is -2.68. The molecule has 0 bridgehead atoms. The minimum absolute atomic E-state index is 0.712. The molecule has 2 saturated heterocycles. The number of aliphatic hydroxyl groups is 10. The summed E-state index contributed by atoms with van der Waals surface area (Å²) in [5.74, 6) is -5.42. The molecular formula is C25H45NO18. The van der Waals surface area contributed by atoms with Crippen LogP contribution >= 0.6 is 0 Å². The maximum absolute atomic E-state index is 12.4. The number of ether oxygens (including phenoxy) is 5. The Morgan fingerprint density at radius 2 is 1.66 bits per heavy atom. The van der Waals surface area contributed by atoms with Gasteiger partial charge < -0.3 is 85.2 Å². The van der Waals surface area contributed by atoms with Gasteiger partial charge in [-0.25, -0.2) is 4.79 Å². The van der Waals surface area contributed by atoms with Crippen LogP contribution in [0.5, 0.6) is 0 Å². The van der Waals surface area contributed by atoms with Crippen molar-refractivity contribution in [3.63, 3.8) is 0 Å². The topological polar surface area (TPSA) is 315 Å². The molecule has 2 rings (SSSR count). The van der Waals surface area contributed by atoms with Crippen LogP contribution < -0.4 is 5.32 Å². The van der Waals surface area contributed by atoms with Gasteiger partial charge in [0.25, 0.3) is 5.79 Å². The summed E-state index contributed by atoms with van der Waals surface area (Å²) in [6, 6.07) is -1.47. The highest BCUT2D eigenvalue weighted by molar-refractivity contribution is 5.76. The molecular weight excluding hydrogens is 602 g/mol. The minimum Gasteiger partial charge on any atom is -0.477 e. The molecule has 2 aliphatic heterocycles. The van der Waals surface area contributed by atoms with E-state index in [1.807, 2.05) is 0 Å².